The Hall–Kier alpha value is -0.900. The third-order valence-corrected chi connectivity index (χ3v) is 5.26. The molecule has 0 amide bonds. The summed E-state index contributed by atoms with van der Waals surface area (Å²) >= 11 is 1.64. The van der Waals surface area contributed by atoms with Gasteiger partial charge >= 0.3 is 0 Å². The van der Waals surface area contributed by atoms with Gasteiger partial charge in [0.25, 0.3) is 0 Å². The quantitative estimate of drug-likeness (QED) is 0.893. The van der Waals surface area contributed by atoms with E-state index in [0.717, 1.165) is 28.5 Å². The van der Waals surface area contributed by atoms with Crippen LogP contribution in [0, 0.1) is 5.92 Å². The molecule has 1 aromatic carbocycles. The predicted octanol–water partition coefficient (Wildman–Crippen LogP) is 3.88. The van der Waals surface area contributed by atoms with Crippen LogP contribution in [0.5, 0.6) is 0 Å². The van der Waals surface area contributed by atoms with Gasteiger partial charge in [-0.1, -0.05) is 37.5 Å². The van der Waals surface area contributed by atoms with Gasteiger partial charge in [0.15, 0.2) is 0 Å². The topological polar surface area (TPSA) is 40.5 Å². The van der Waals surface area contributed by atoms with Gasteiger partial charge in [-0.3, -0.25) is 0 Å². The molecule has 102 valence electrons. The number of hydrogen-bond donors (Lipinski definition) is 2. The smallest absolute Gasteiger partial charge is 0.106 e. The van der Waals surface area contributed by atoms with E-state index in [1.54, 1.807) is 11.3 Å². The van der Waals surface area contributed by atoms with Crippen LogP contribution in [0.3, 0.4) is 0 Å². The van der Waals surface area contributed by atoms with Gasteiger partial charge in [-0.25, -0.2) is 0 Å². The second-order valence-corrected chi connectivity index (χ2v) is 6.44. The number of rotatable bonds is 3. The lowest BCUT2D eigenvalue weighted by molar-refractivity contribution is -0.0278. The second-order valence-electron chi connectivity index (χ2n) is 5.52. The Labute approximate surface area is 117 Å². The summed E-state index contributed by atoms with van der Waals surface area (Å²) in [5, 5.41) is 24.1. The summed E-state index contributed by atoms with van der Waals surface area (Å²) < 4.78 is 1.10. The summed E-state index contributed by atoms with van der Waals surface area (Å²) in [5.41, 5.74) is 0.880. The molecule has 1 heterocycles. The molecule has 0 aliphatic heterocycles. The molecule has 1 aromatic heterocycles. The Kier molecular flexibility index (Phi) is 3.87. The third-order valence-electron chi connectivity index (χ3n) is 4.28. The van der Waals surface area contributed by atoms with E-state index in [2.05, 4.69) is 12.1 Å². The van der Waals surface area contributed by atoms with Crippen LogP contribution in [0.1, 0.15) is 43.8 Å². The minimum Gasteiger partial charge on any atom is -0.390 e. The SMILES string of the molecule is OC(c1cccc2ccsc12)C(O)C1CCCCC1. The van der Waals surface area contributed by atoms with Crippen molar-refractivity contribution in [1.82, 2.24) is 0 Å². The molecule has 2 unspecified atom stereocenters. The first-order valence-corrected chi connectivity index (χ1v) is 7.97. The Bertz CT molecular complexity index is 542. The van der Waals surface area contributed by atoms with E-state index < -0.39 is 12.2 Å². The number of fused-ring (bicyclic) bond motifs is 1. The maximum atomic E-state index is 10.5. The maximum absolute atomic E-state index is 10.5. The molecule has 2 aromatic rings. The Morgan fingerprint density at radius 3 is 2.63 bits per heavy atom. The van der Waals surface area contributed by atoms with Crippen molar-refractivity contribution in [3.63, 3.8) is 0 Å². The Morgan fingerprint density at radius 2 is 1.84 bits per heavy atom. The van der Waals surface area contributed by atoms with Crippen molar-refractivity contribution in [3.05, 3.63) is 35.2 Å². The van der Waals surface area contributed by atoms with Gasteiger partial charge in [0.2, 0.25) is 0 Å². The van der Waals surface area contributed by atoms with Crippen molar-refractivity contribution in [2.75, 3.05) is 0 Å². The summed E-state index contributed by atoms with van der Waals surface area (Å²) in [6.45, 7) is 0. The molecule has 1 fully saturated rings. The molecule has 2 N–H and O–H groups in total. The Balaban J connectivity index is 1.86. The zero-order chi connectivity index (χ0) is 13.2. The molecular weight excluding hydrogens is 256 g/mol. The van der Waals surface area contributed by atoms with E-state index >= 15 is 0 Å². The Morgan fingerprint density at radius 1 is 1.05 bits per heavy atom. The van der Waals surface area contributed by atoms with Crippen LogP contribution >= 0.6 is 11.3 Å². The van der Waals surface area contributed by atoms with Crippen LogP contribution in [0.15, 0.2) is 29.6 Å². The first-order valence-electron chi connectivity index (χ1n) is 7.09. The van der Waals surface area contributed by atoms with Gasteiger partial charge in [-0.05, 0) is 35.6 Å². The average molecular weight is 276 g/mol. The van der Waals surface area contributed by atoms with Crippen LogP contribution in [-0.4, -0.2) is 16.3 Å². The molecule has 0 saturated heterocycles. The first-order chi connectivity index (χ1) is 9.27. The molecule has 0 radical (unpaired) electrons. The van der Waals surface area contributed by atoms with Crippen LogP contribution < -0.4 is 0 Å². The highest BCUT2D eigenvalue weighted by Crippen LogP contribution is 2.36. The molecule has 3 heteroatoms. The largest absolute Gasteiger partial charge is 0.390 e. The lowest BCUT2D eigenvalue weighted by atomic mass is 9.82. The van der Waals surface area contributed by atoms with E-state index in [4.69, 9.17) is 0 Å². The maximum Gasteiger partial charge on any atom is 0.106 e. The first kappa shape index (κ1) is 13.1. The average Bonchev–Trinajstić information content (AvgIpc) is 2.95. The second kappa shape index (κ2) is 5.61. The number of hydrogen-bond acceptors (Lipinski definition) is 3. The molecule has 1 aliphatic carbocycles. The summed E-state index contributed by atoms with van der Waals surface area (Å²) in [5.74, 6) is 0.249. The van der Waals surface area contributed by atoms with Gasteiger partial charge in [-0.15, -0.1) is 11.3 Å². The van der Waals surface area contributed by atoms with Crippen LogP contribution in [0.4, 0.5) is 0 Å². The molecule has 1 saturated carbocycles. The van der Waals surface area contributed by atoms with Gasteiger partial charge in [0, 0.05) is 10.3 Å². The molecule has 1 aliphatic rings. The fourth-order valence-corrected chi connectivity index (χ4v) is 4.11. The predicted molar refractivity (Wildman–Crippen MR) is 79.4 cm³/mol. The summed E-state index contributed by atoms with van der Waals surface area (Å²) in [4.78, 5) is 0. The van der Waals surface area contributed by atoms with E-state index in [0.29, 0.717) is 0 Å². The van der Waals surface area contributed by atoms with Crippen LogP contribution in [-0.2, 0) is 0 Å². The summed E-state index contributed by atoms with van der Waals surface area (Å²) in [6.07, 6.45) is 4.31. The molecule has 19 heavy (non-hydrogen) atoms. The minimum atomic E-state index is -0.759. The zero-order valence-electron chi connectivity index (χ0n) is 11.0. The van der Waals surface area contributed by atoms with Gasteiger partial charge in [0.1, 0.15) is 6.10 Å². The number of thiophene rings is 1. The zero-order valence-corrected chi connectivity index (χ0v) is 11.8. The van der Waals surface area contributed by atoms with Crippen molar-refractivity contribution >= 4 is 21.4 Å². The monoisotopic (exact) mass is 276 g/mol. The van der Waals surface area contributed by atoms with E-state index in [1.165, 1.54) is 19.3 Å². The van der Waals surface area contributed by atoms with E-state index in [-0.39, 0.29) is 5.92 Å². The van der Waals surface area contributed by atoms with Crippen molar-refractivity contribution in [2.24, 2.45) is 5.92 Å². The van der Waals surface area contributed by atoms with Crippen molar-refractivity contribution in [3.8, 4) is 0 Å². The fraction of sp³-hybridized carbons (Fsp3) is 0.500. The normalized spacial score (nSPS) is 20.5. The van der Waals surface area contributed by atoms with Crippen molar-refractivity contribution in [1.29, 1.82) is 0 Å². The van der Waals surface area contributed by atoms with Crippen molar-refractivity contribution in [2.45, 2.75) is 44.3 Å². The van der Waals surface area contributed by atoms with Gasteiger partial charge in [-0.2, -0.15) is 0 Å². The lowest BCUT2D eigenvalue weighted by Gasteiger charge is -2.30. The highest BCUT2D eigenvalue weighted by molar-refractivity contribution is 7.17. The minimum absolute atomic E-state index is 0.249. The molecule has 3 rings (SSSR count). The number of benzene rings is 1. The molecular formula is C16H20O2S. The highest BCUT2D eigenvalue weighted by Gasteiger charge is 2.29. The standard InChI is InChI=1S/C16H20O2S/c17-14(11-5-2-1-3-6-11)15(18)13-8-4-7-12-9-10-19-16(12)13/h4,7-11,14-15,17-18H,1-3,5-6H2. The van der Waals surface area contributed by atoms with Crippen molar-refractivity contribution < 1.29 is 10.2 Å². The summed E-state index contributed by atoms with van der Waals surface area (Å²) in [6, 6.07) is 8.01. The number of aliphatic hydroxyl groups is 2. The summed E-state index contributed by atoms with van der Waals surface area (Å²) in [7, 11) is 0. The van der Waals surface area contributed by atoms with E-state index in [9.17, 15) is 10.2 Å². The number of aliphatic hydroxyl groups excluding tert-OH is 2. The van der Waals surface area contributed by atoms with Gasteiger partial charge in [0.05, 0.1) is 6.10 Å². The lowest BCUT2D eigenvalue weighted by Crippen LogP contribution is -2.29. The third kappa shape index (κ3) is 2.55. The van der Waals surface area contributed by atoms with Gasteiger partial charge < -0.3 is 10.2 Å². The van der Waals surface area contributed by atoms with Crippen LogP contribution in [0.2, 0.25) is 0 Å². The molecule has 0 spiro atoms. The molecule has 0 bridgehead atoms. The molecule has 2 atom stereocenters. The fourth-order valence-electron chi connectivity index (χ4n) is 3.17. The van der Waals surface area contributed by atoms with E-state index in [1.807, 2.05) is 17.5 Å². The van der Waals surface area contributed by atoms with Crippen LogP contribution in [0.25, 0.3) is 10.1 Å². The molecule has 2 nitrogen and oxygen atoms in total. The highest BCUT2D eigenvalue weighted by atomic mass is 32.1.